The standard InChI is InChI=1S/C41H34BrClN4O6S/c1-19-26-16-21(43)10-15-31(26)54-36(19)29-18-32(45(3)44-29)47-38(50)28-17-27-23(34(41(28,2)40(47)52)25-6-5-7-30(53-4)35(25)48)13-14-24-33(27)39(51)46(37(24)49)22-11-8-20(42)9-12-22/h5-13,15-16,18,24,27-28,33-34,48H,14,17H2,1-4H3/t24-,27+,28-,33-,34+,41+/m0/s1. The number of phenolic OH excluding ortho intramolecular Hbond substituents is 1. The van der Waals surface area contributed by atoms with Crippen LogP contribution in [0.3, 0.4) is 0 Å². The number of phenols is 1. The first-order valence-electron chi connectivity index (χ1n) is 17.7. The van der Waals surface area contributed by atoms with Gasteiger partial charge in [0.25, 0.3) is 0 Å². The predicted molar refractivity (Wildman–Crippen MR) is 210 cm³/mol. The number of aromatic hydroxyl groups is 1. The van der Waals surface area contributed by atoms with Crippen molar-refractivity contribution in [3.63, 3.8) is 0 Å². The second-order valence-electron chi connectivity index (χ2n) is 14.8. The maximum absolute atomic E-state index is 15.1. The maximum atomic E-state index is 15.1. The van der Waals surface area contributed by atoms with Crippen molar-refractivity contribution in [2.24, 2.45) is 36.1 Å². The van der Waals surface area contributed by atoms with Crippen molar-refractivity contribution in [1.82, 2.24) is 9.78 Å². The molecule has 9 rings (SSSR count). The number of methoxy groups -OCH3 is 1. The number of anilines is 2. The number of imide groups is 2. The molecule has 2 aromatic heterocycles. The molecule has 2 aliphatic heterocycles. The number of ether oxygens (including phenoxy) is 1. The highest BCUT2D eigenvalue weighted by Gasteiger charge is 2.68. The molecule has 0 bridgehead atoms. The quantitative estimate of drug-likeness (QED) is 0.140. The van der Waals surface area contributed by atoms with Crippen LogP contribution in [0, 0.1) is 36.0 Å². The van der Waals surface area contributed by atoms with Crippen LogP contribution in [0.2, 0.25) is 5.02 Å². The van der Waals surface area contributed by atoms with E-state index >= 15 is 4.79 Å². The Hall–Kier alpha value is -4.78. The fourth-order valence-corrected chi connectivity index (χ4v) is 11.2. The Bertz CT molecular complexity index is 2510. The van der Waals surface area contributed by atoms with E-state index in [1.165, 1.54) is 16.9 Å². The minimum absolute atomic E-state index is 0.138. The smallest absolute Gasteiger partial charge is 0.242 e. The van der Waals surface area contributed by atoms with Gasteiger partial charge in [0.05, 0.1) is 40.8 Å². The van der Waals surface area contributed by atoms with Gasteiger partial charge in [-0.05, 0) is 92.1 Å². The van der Waals surface area contributed by atoms with E-state index in [2.05, 4.69) is 15.9 Å². The molecular weight excluding hydrogens is 792 g/mol. The Morgan fingerprint density at radius 1 is 0.981 bits per heavy atom. The number of carbonyl (C=O) groups is 4. The Morgan fingerprint density at radius 2 is 1.74 bits per heavy atom. The first-order valence-corrected chi connectivity index (χ1v) is 19.6. The van der Waals surface area contributed by atoms with E-state index in [9.17, 15) is 19.5 Å². The summed E-state index contributed by atoms with van der Waals surface area (Å²) >= 11 is 11.3. The van der Waals surface area contributed by atoms with Gasteiger partial charge in [-0.2, -0.15) is 5.10 Å². The van der Waals surface area contributed by atoms with Crippen molar-refractivity contribution in [2.45, 2.75) is 32.6 Å². The lowest BCUT2D eigenvalue weighted by molar-refractivity contribution is -0.131. The fourth-order valence-electron chi connectivity index (χ4n) is 9.57. The molecule has 10 nitrogen and oxygen atoms in total. The van der Waals surface area contributed by atoms with E-state index in [0.29, 0.717) is 27.8 Å². The third kappa shape index (κ3) is 4.78. The number of allylic oxidation sites excluding steroid dienone is 2. The Morgan fingerprint density at radius 3 is 2.48 bits per heavy atom. The number of hydrogen-bond acceptors (Lipinski definition) is 8. The lowest BCUT2D eigenvalue weighted by Crippen LogP contribution is -2.49. The van der Waals surface area contributed by atoms with Gasteiger partial charge in [0.15, 0.2) is 11.5 Å². The summed E-state index contributed by atoms with van der Waals surface area (Å²) in [7, 11) is 3.16. The largest absolute Gasteiger partial charge is 0.504 e. The topological polar surface area (TPSA) is 122 Å². The number of fused-ring (bicyclic) bond motifs is 5. The number of rotatable bonds is 5. The molecule has 274 valence electrons. The average Bonchev–Trinajstić information content (AvgIpc) is 3.82. The zero-order valence-electron chi connectivity index (χ0n) is 29.7. The van der Waals surface area contributed by atoms with Crippen molar-refractivity contribution in [3.05, 3.63) is 99.0 Å². The minimum atomic E-state index is -1.36. The van der Waals surface area contributed by atoms with Crippen LogP contribution in [-0.4, -0.2) is 45.6 Å². The molecule has 2 aliphatic carbocycles. The van der Waals surface area contributed by atoms with Crippen molar-refractivity contribution in [2.75, 3.05) is 16.9 Å². The highest BCUT2D eigenvalue weighted by molar-refractivity contribution is 9.10. The number of thiophene rings is 1. The van der Waals surface area contributed by atoms with Gasteiger partial charge in [-0.3, -0.25) is 28.8 Å². The molecule has 0 radical (unpaired) electrons. The number of halogens is 2. The summed E-state index contributed by atoms with van der Waals surface area (Å²) in [5.41, 5.74) is 1.92. The zero-order valence-corrected chi connectivity index (χ0v) is 32.8. The summed E-state index contributed by atoms with van der Waals surface area (Å²) in [6.45, 7) is 3.79. The number of hydrogen-bond donors (Lipinski definition) is 1. The molecule has 6 atom stereocenters. The Balaban J connectivity index is 1.17. The predicted octanol–water partition coefficient (Wildman–Crippen LogP) is 8.18. The molecule has 5 aromatic rings. The monoisotopic (exact) mass is 824 g/mol. The van der Waals surface area contributed by atoms with Crippen LogP contribution < -0.4 is 14.5 Å². The third-order valence-electron chi connectivity index (χ3n) is 12.1. The van der Waals surface area contributed by atoms with E-state index in [1.54, 1.807) is 78.5 Å². The van der Waals surface area contributed by atoms with Crippen LogP contribution in [0.5, 0.6) is 11.5 Å². The summed E-state index contributed by atoms with van der Waals surface area (Å²) in [6.07, 6.45) is 2.43. The van der Waals surface area contributed by atoms with Gasteiger partial charge in [-0.25, -0.2) is 4.90 Å². The first-order chi connectivity index (χ1) is 25.8. The summed E-state index contributed by atoms with van der Waals surface area (Å²) in [4.78, 5) is 61.8. The molecule has 0 spiro atoms. The van der Waals surface area contributed by atoms with Crippen LogP contribution in [-0.2, 0) is 26.2 Å². The number of para-hydroxylation sites is 1. The molecule has 13 heteroatoms. The van der Waals surface area contributed by atoms with Crippen LogP contribution in [0.25, 0.3) is 20.7 Å². The van der Waals surface area contributed by atoms with Gasteiger partial charge in [-0.15, -0.1) is 11.3 Å². The third-order valence-corrected chi connectivity index (χ3v) is 14.2. The van der Waals surface area contributed by atoms with Crippen molar-refractivity contribution >= 4 is 84.1 Å². The first kappa shape index (κ1) is 35.0. The Kier molecular flexibility index (Phi) is 8.01. The molecule has 4 aliphatic rings. The number of nitrogens with zero attached hydrogens (tertiary/aromatic N) is 4. The van der Waals surface area contributed by atoms with Crippen LogP contribution in [0.15, 0.2) is 82.9 Å². The number of aryl methyl sites for hydroxylation is 2. The molecule has 54 heavy (non-hydrogen) atoms. The normalized spacial score (nSPS) is 26.3. The Labute approximate surface area is 328 Å². The van der Waals surface area contributed by atoms with Gasteiger partial charge in [-0.1, -0.05) is 51.3 Å². The van der Waals surface area contributed by atoms with Gasteiger partial charge in [0, 0.05) is 38.8 Å². The molecule has 3 fully saturated rings. The summed E-state index contributed by atoms with van der Waals surface area (Å²) in [6, 6.07) is 19.7. The van der Waals surface area contributed by atoms with Gasteiger partial charge < -0.3 is 9.84 Å². The van der Waals surface area contributed by atoms with Crippen molar-refractivity contribution in [1.29, 1.82) is 0 Å². The summed E-state index contributed by atoms with van der Waals surface area (Å²) < 4.78 is 8.92. The van der Waals surface area contributed by atoms with Crippen LogP contribution in [0.1, 0.15) is 36.8 Å². The highest BCUT2D eigenvalue weighted by atomic mass is 79.9. The van der Waals surface area contributed by atoms with Gasteiger partial charge >= 0.3 is 0 Å². The lowest BCUT2D eigenvalue weighted by Gasteiger charge is -2.49. The van der Waals surface area contributed by atoms with E-state index in [-0.39, 0.29) is 36.2 Å². The van der Waals surface area contributed by atoms with Crippen molar-refractivity contribution in [3.8, 4) is 22.1 Å². The molecule has 3 aromatic carbocycles. The number of amides is 4. The molecule has 1 N–H and O–H groups in total. The molecular formula is C41H34BrClN4O6S. The van der Waals surface area contributed by atoms with E-state index in [1.807, 2.05) is 31.2 Å². The van der Waals surface area contributed by atoms with Gasteiger partial charge in [0.1, 0.15) is 11.5 Å². The molecule has 2 saturated heterocycles. The second kappa shape index (κ2) is 12.4. The number of benzene rings is 3. The van der Waals surface area contributed by atoms with Crippen molar-refractivity contribution < 1.29 is 29.0 Å². The zero-order chi connectivity index (χ0) is 38.0. The van der Waals surface area contributed by atoms with Crippen LogP contribution in [0.4, 0.5) is 11.5 Å². The summed E-state index contributed by atoms with van der Waals surface area (Å²) in [5, 5.41) is 18.1. The average molecular weight is 826 g/mol. The number of aromatic nitrogens is 2. The molecule has 4 amide bonds. The highest BCUT2D eigenvalue weighted by Crippen LogP contribution is 2.65. The molecule has 4 heterocycles. The van der Waals surface area contributed by atoms with Crippen LogP contribution >= 0.6 is 38.9 Å². The number of carbonyl (C=O) groups excluding carboxylic acids is 4. The molecule has 0 unspecified atom stereocenters. The van der Waals surface area contributed by atoms with E-state index < -0.39 is 46.8 Å². The van der Waals surface area contributed by atoms with E-state index in [4.69, 9.17) is 21.4 Å². The minimum Gasteiger partial charge on any atom is -0.504 e. The van der Waals surface area contributed by atoms with Gasteiger partial charge in [0.2, 0.25) is 23.6 Å². The second-order valence-corrected chi connectivity index (χ2v) is 17.2. The molecule has 1 saturated carbocycles. The maximum Gasteiger partial charge on any atom is 0.242 e. The van der Waals surface area contributed by atoms with E-state index in [0.717, 1.165) is 30.6 Å². The lowest BCUT2D eigenvalue weighted by atomic mass is 9.51. The SMILES string of the molecule is COc1cccc([C@H]2C3=CC[C@@H]4C(=O)N(c5ccc(Br)cc5)C(=O)[C@@H]4[C@@H]3C[C@H]3C(=O)N(c4cc(-c5sc6ccc(Cl)cc6c5C)nn4C)C(=O)[C@@]23C)c1O. The fraction of sp³-hybridized carbons (Fsp3) is 0.293. The summed E-state index contributed by atoms with van der Waals surface area (Å²) in [5.74, 6) is -4.63.